The van der Waals surface area contributed by atoms with Gasteiger partial charge >= 0.3 is 17.8 Å². The second-order valence-electron chi connectivity index (χ2n) is 6.40. The van der Waals surface area contributed by atoms with Gasteiger partial charge in [0.2, 0.25) is 0 Å². The van der Waals surface area contributed by atoms with Crippen molar-refractivity contribution in [3.63, 3.8) is 0 Å². The summed E-state index contributed by atoms with van der Waals surface area (Å²) < 4.78 is 22.7. The molecule has 1 aliphatic heterocycles. The van der Waals surface area contributed by atoms with Crippen molar-refractivity contribution in [2.24, 2.45) is 0 Å². The predicted octanol–water partition coefficient (Wildman–Crippen LogP) is 1.64. The minimum Gasteiger partial charge on any atom is -0.463 e. The summed E-state index contributed by atoms with van der Waals surface area (Å²) in [5.74, 6) is -0.321. The first kappa shape index (κ1) is 21.7. The molecule has 3 atom stereocenters. The lowest BCUT2D eigenvalue weighted by atomic mass is 10.2. The normalized spacial score (nSPS) is 19.9. The van der Waals surface area contributed by atoms with Gasteiger partial charge in [-0.2, -0.15) is 0 Å². The Morgan fingerprint density at radius 2 is 1.96 bits per heavy atom. The van der Waals surface area contributed by atoms with E-state index >= 15 is 0 Å². The fourth-order valence-electron chi connectivity index (χ4n) is 2.89. The standard InChI is InChI=1S/C18H26N2O8/c1-5-15(21)26-10-13-7-8-14(28-13)19-9-11(3)16(22)20(17(19)23)12(4)27-18(24)25-6-2/h9,12-14H,5-8,10H2,1-4H3/t12?,13-,14+/m0/s1. The van der Waals surface area contributed by atoms with Crippen molar-refractivity contribution < 1.29 is 28.5 Å². The molecule has 0 bridgehead atoms. The SMILES string of the molecule is CCOC(=O)OC(C)n1c(=O)c(C)cn([C@H]2CC[C@@H](COC(=O)CC)O2)c1=O. The van der Waals surface area contributed by atoms with Gasteiger partial charge in [-0.3, -0.25) is 14.2 Å². The number of ether oxygens (including phenoxy) is 4. The Morgan fingerprint density at radius 1 is 1.25 bits per heavy atom. The lowest BCUT2D eigenvalue weighted by molar-refractivity contribution is -0.148. The quantitative estimate of drug-likeness (QED) is 0.637. The molecule has 10 heteroatoms. The largest absolute Gasteiger partial charge is 0.510 e. The van der Waals surface area contributed by atoms with E-state index in [4.69, 9.17) is 18.9 Å². The zero-order chi connectivity index (χ0) is 20.8. The zero-order valence-corrected chi connectivity index (χ0v) is 16.5. The summed E-state index contributed by atoms with van der Waals surface area (Å²) >= 11 is 0. The average Bonchev–Trinajstić information content (AvgIpc) is 3.11. The molecule has 0 N–H and O–H groups in total. The van der Waals surface area contributed by atoms with Crippen molar-refractivity contribution >= 4 is 12.1 Å². The summed E-state index contributed by atoms with van der Waals surface area (Å²) in [5.41, 5.74) is -0.934. The molecule has 10 nitrogen and oxygen atoms in total. The van der Waals surface area contributed by atoms with E-state index in [-0.39, 0.29) is 31.7 Å². The van der Waals surface area contributed by atoms with Crippen molar-refractivity contribution in [3.05, 3.63) is 32.6 Å². The second kappa shape index (κ2) is 9.54. The smallest absolute Gasteiger partial charge is 0.463 e. The monoisotopic (exact) mass is 398 g/mol. The van der Waals surface area contributed by atoms with Crippen LogP contribution in [0.15, 0.2) is 15.8 Å². The van der Waals surface area contributed by atoms with Gasteiger partial charge < -0.3 is 18.9 Å². The molecule has 156 valence electrons. The number of rotatable bonds is 7. The van der Waals surface area contributed by atoms with E-state index in [0.29, 0.717) is 18.4 Å². The number of esters is 1. The highest BCUT2D eigenvalue weighted by Crippen LogP contribution is 2.27. The Bertz CT molecular complexity index is 828. The Morgan fingerprint density at radius 3 is 2.61 bits per heavy atom. The number of hydrogen-bond acceptors (Lipinski definition) is 8. The van der Waals surface area contributed by atoms with Crippen LogP contribution in [0.25, 0.3) is 0 Å². The Kier molecular flexibility index (Phi) is 7.38. The summed E-state index contributed by atoms with van der Waals surface area (Å²) in [7, 11) is 0. The van der Waals surface area contributed by atoms with Crippen molar-refractivity contribution in [1.82, 2.24) is 9.13 Å². The Balaban J connectivity index is 2.21. The molecule has 1 aliphatic rings. The molecule has 28 heavy (non-hydrogen) atoms. The molecule has 0 spiro atoms. The lowest BCUT2D eigenvalue weighted by Crippen LogP contribution is -2.44. The van der Waals surface area contributed by atoms with Crippen LogP contribution >= 0.6 is 0 Å². The first-order valence-corrected chi connectivity index (χ1v) is 9.27. The van der Waals surface area contributed by atoms with Crippen LogP contribution in [0.1, 0.15) is 58.1 Å². The molecule has 1 aromatic rings. The van der Waals surface area contributed by atoms with Crippen LogP contribution in [0.4, 0.5) is 4.79 Å². The van der Waals surface area contributed by atoms with Gasteiger partial charge in [0, 0.05) is 18.2 Å². The number of carbonyl (C=O) groups excluding carboxylic acids is 2. The summed E-state index contributed by atoms with van der Waals surface area (Å²) in [6.45, 7) is 6.50. The molecule has 2 heterocycles. The molecular weight excluding hydrogens is 372 g/mol. The minimum atomic E-state index is -1.15. The van der Waals surface area contributed by atoms with Crippen molar-refractivity contribution in [1.29, 1.82) is 0 Å². The molecule has 1 fully saturated rings. The number of hydrogen-bond donors (Lipinski definition) is 0. The maximum absolute atomic E-state index is 12.9. The molecular formula is C18H26N2O8. The minimum absolute atomic E-state index is 0.110. The van der Waals surface area contributed by atoms with Gasteiger partial charge in [0.1, 0.15) is 12.8 Å². The summed E-state index contributed by atoms with van der Waals surface area (Å²) in [6, 6.07) is 0. The van der Waals surface area contributed by atoms with Crippen LogP contribution in [0, 0.1) is 6.92 Å². The number of aryl methyl sites for hydroxylation is 1. The number of carbonyl (C=O) groups is 2. The predicted molar refractivity (Wildman–Crippen MR) is 96.9 cm³/mol. The first-order chi connectivity index (χ1) is 13.3. The van der Waals surface area contributed by atoms with Crippen LogP contribution in [-0.2, 0) is 23.7 Å². The third-order valence-corrected chi connectivity index (χ3v) is 4.32. The molecule has 0 aliphatic carbocycles. The van der Waals surface area contributed by atoms with Crippen molar-refractivity contribution in [3.8, 4) is 0 Å². The maximum atomic E-state index is 12.9. The fraction of sp³-hybridized carbons (Fsp3) is 0.667. The van der Waals surface area contributed by atoms with Crippen LogP contribution < -0.4 is 11.2 Å². The first-order valence-electron chi connectivity index (χ1n) is 9.27. The molecule has 0 radical (unpaired) electrons. The highest BCUT2D eigenvalue weighted by atomic mass is 16.7. The number of aromatic nitrogens is 2. The molecule has 1 aromatic heterocycles. The molecule has 0 aromatic carbocycles. The average molecular weight is 398 g/mol. The van der Waals surface area contributed by atoms with Crippen molar-refractivity contribution in [2.75, 3.05) is 13.2 Å². The van der Waals surface area contributed by atoms with Crippen molar-refractivity contribution in [2.45, 2.75) is 65.5 Å². The second-order valence-corrected chi connectivity index (χ2v) is 6.40. The molecule has 0 amide bonds. The third-order valence-electron chi connectivity index (χ3n) is 4.32. The van der Waals surface area contributed by atoms with Crippen LogP contribution in [0.2, 0.25) is 0 Å². The summed E-state index contributed by atoms with van der Waals surface area (Å²) in [5, 5.41) is 0. The van der Waals surface area contributed by atoms with E-state index in [1.165, 1.54) is 17.7 Å². The maximum Gasteiger partial charge on any atom is 0.510 e. The number of nitrogens with zero attached hydrogens (tertiary/aromatic N) is 2. The van der Waals surface area contributed by atoms with E-state index in [1.807, 2.05) is 0 Å². The topological polar surface area (TPSA) is 115 Å². The van der Waals surface area contributed by atoms with Gasteiger partial charge in [0.25, 0.3) is 5.56 Å². The fourth-order valence-corrected chi connectivity index (χ4v) is 2.89. The van der Waals surface area contributed by atoms with Crippen LogP contribution in [0.3, 0.4) is 0 Å². The van der Waals surface area contributed by atoms with Crippen LogP contribution in [-0.4, -0.2) is 40.6 Å². The Labute approximate surface area is 161 Å². The van der Waals surface area contributed by atoms with Gasteiger partial charge in [-0.25, -0.2) is 14.2 Å². The van der Waals surface area contributed by atoms with Gasteiger partial charge in [0.15, 0.2) is 6.23 Å². The van der Waals surface area contributed by atoms with E-state index in [1.54, 1.807) is 20.8 Å². The van der Waals surface area contributed by atoms with E-state index < -0.39 is 29.9 Å². The molecule has 2 rings (SSSR count). The molecule has 1 unspecified atom stereocenters. The van der Waals surface area contributed by atoms with Gasteiger partial charge in [-0.15, -0.1) is 0 Å². The van der Waals surface area contributed by atoms with Gasteiger partial charge in [-0.05, 0) is 33.6 Å². The highest BCUT2D eigenvalue weighted by Gasteiger charge is 2.30. The molecule has 1 saturated heterocycles. The molecule has 0 saturated carbocycles. The highest BCUT2D eigenvalue weighted by molar-refractivity contribution is 5.68. The van der Waals surface area contributed by atoms with E-state index in [0.717, 1.165) is 4.57 Å². The van der Waals surface area contributed by atoms with Gasteiger partial charge in [-0.1, -0.05) is 6.92 Å². The van der Waals surface area contributed by atoms with E-state index in [2.05, 4.69) is 0 Å². The summed E-state index contributed by atoms with van der Waals surface area (Å²) in [4.78, 5) is 48.1. The summed E-state index contributed by atoms with van der Waals surface area (Å²) in [6.07, 6.45) is -0.251. The zero-order valence-electron chi connectivity index (χ0n) is 16.5. The van der Waals surface area contributed by atoms with Gasteiger partial charge in [0.05, 0.1) is 12.7 Å². The Hall–Kier alpha value is -2.62. The van der Waals surface area contributed by atoms with Crippen LogP contribution in [0.5, 0.6) is 0 Å². The third kappa shape index (κ3) is 5.00. The van der Waals surface area contributed by atoms with E-state index in [9.17, 15) is 19.2 Å². The lowest BCUT2D eigenvalue weighted by Gasteiger charge is -2.20.